The summed E-state index contributed by atoms with van der Waals surface area (Å²) < 4.78 is 5.43. The Bertz CT molecular complexity index is 153. The number of amides is 1. The molecule has 1 aliphatic rings. The summed E-state index contributed by atoms with van der Waals surface area (Å²) in [4.78, 5) is 10.8. The lowest BCUT2D eigenvalue weighted by molar-refractivity contribution is -0.121. The number of nitrogens with one attached hydrogen (secondary N) is 1. The first-order valence-corrected chi connectivity index (χ1v) is 5.11. The average Bonchev–Trinajstić information content (AvgIpc) is 2.64. The average molecular weight is 185 g/mol. The van der Waals surface area contributed by atoms with Crippen molar-refractivity contribution < 1.29 is 9.53 Å². The Morgan fingerprint density at radius 1 is 1.46 bits per heavy atom. The molecule has 0 aromatic carbocycles. The first kappa shape index (κ1) is 10.5. The van der Waals surface area contributed by atoms with Crippen LogP contribution in [-0.2, 0) is 9.53 Å². The highest BCUT2D eigenvalue weighted by atomic mass is 16.5. The number of hydrogen-bond donors (Lipinski definition) is 1. The van der Waals surface area contributed by atoms with Gasteiger partial charge in [-0.05, 0) is 18.8 Å². The standard InChI is InChI=1S/C10H19NO2/c1-11-10(12)6-7-13-8-9-4-2-3-5-9/h9H,2-8H2,1H3,(H,11,12). The van der Waals surface area contributed by atoms with Crippen LogP contribution in [0.25, 0.3) is 0 Å². The molecule has 0 bridgehead atoms. The Labute approximate surface area is 79.8 Å². The molecule has 1 amide bonds. The highest BCUT2D eigenvalue weighted by Crippen LogP contribution is 2.24. The van der Waals surface area contributed by atoms with Gasteiger partial charge in [-0.3, -0.25) is 4.79 Å². The lowest BCUT2D eigenvalue weighted by Gasteiger charge is -2.08. The van der Waals surface area contributed by atoms with Gasteiger partial charge < -0.3 is 10.1 Å². The monoisotopic (exact) mass is 185 g/mol. The Hall–Kier alpha value is -0.570. The summed E-state index contributed by atoms with van der Waals surface area (Å²) in [6, 6.07) is 0. The summed E-state index contributed by atoms with van der Waals surface area (Å²) in [5, 5.41) is 2.57. The van der Waals surface area contributed by atoms with Crippen LogP contribution in [0, 0.1) is 5.92 Å². The minimum atomic E-state index is 0.0615. The topological polar surface area (TPSA) is 38.3 Å². The molecule has 3 heteroatoms. The van der Waals surface area contributed by atoms with Crippen LogP contribution in [-0.4, -0.2) is 26.2 Å². The Morgan fingerprint density at radius 3 is 2.77 bits per heavy atom. The van der Waals surface area contributed by atoms with Crippen molar-refractivity contribution in [1.82, 2.24) is 5.32 Å². The predicted octanol–water partition coefficient (Wildman–Crippen LogP) is 1.33. The molecular formula is C10H19NO2. The minimum absolute atomic E-state index is 0.0615. The zero-order valence-corrected chi connectivity index (χ0v) is 8.34. The molecule has 0 heterocycles. The van der Waals surface area contributed by atoms with Gasteiger partial charge in [-0.15, -0.1) is 0 Å². The van der Waals surface area contributed by atoms with E-state index in [0.717, 1.165) is 12.5 Å². The van der Waals surface area contributed by atoms with Crippen molar-refractivity contribution in [3.63, 3.8) is 0 Å². The van der Waals surface area contributed by atoms with Gasteiger partial charge in [0, 0.05) is 20.1 Å². The third kappa shape index (κ3) is 4.27. The Morgan fingerprint density at radius 2 is 2.15 bits per heavy atom. The molecule has 0 aromatic rings. The van der Waals surface area contributed by atoms with Crippen molar-refractivity contribution >= 4 is 5.91 Å². The van der Waals surface area contributed by atoms with Gasteiger partial charge in [-0.2, -0.15) is 0 Å². The first-order valence-electron chi connectivity index (χ1n) is 5.11. The van der Waals surface area contributed by atoms with E-state index in [9.17, 15) is 4.79 Å². The molecule has 1 rings (SSSR count). The van der Waals surface area contributed by atoms with E-state index in [1.165, 1.54) is 25.7 Å². The summed E-state index contributed by atoms with van der Waals surface area (Å²) in [5.41, 5.74) is 0. The first-order chi connectivity index (χ1) is 6.33. The van der Waals surface area contributed by atoms with Gasteiger partial charge in [-0.1, -0.05) is 12.8 Å². The van der Waals surface area contributed by atoms with E-state index in [-0.39, 0.29) is 5.91 Å². The molecule has 0 spiro atoms. The highest BCUT2D eigenvalue weighted by Gasteiger charge is 2.14. The molecule has 0 radical (unpaired) electrons. The molecule has 0 atom stereocenters. The van der Waals surface area contributed by atoms with Gasteiger partial charge in [0.25, 0.3) is 0 Å². The third-order valence-corrected chi connectivity index (χ3v) is 2.58. The van der Waals surface area contributed by atoms with E-state index >= 15 is 0 Å². The van der Waals surface area contributed by atoms with Crippen molar-refractivity contribution in [3.05, 3.63) is 0 Å². The third-order valence-electron chi connectivity index (χ3n) is 2.58. The smallest absolute Gasteiger partial charge is 0.222 e. The fourth-order valence-corrected chi connectivity index (χ4v) is 1.72. The summed E-state index contributed by atoms with van der Waals surface area (Å²) in [6.45, 7) is 1.41. The fourth-order valence-electron chi connectivity index (χ4n) is 1.72. The van der Waals surface area contributed by atoms with Crippen LogP contribution in [0.4, 0.5) is 0 Å². The van der Waals surface area contributed by atoms with Crippen LogP contribution in [0.1, 0.15) is 32.1 Å². The van der Waals surface area contributed by atoms with Gasteiger partial charge in [0.15, 0.2) is 0 Å². The van der Waals surface area contributed by atoms with E-state index in [2.05, 4.69) is 5.32 Å². The van der Waals surface area contributed by atoms with Crippen molar-refractivity contribution in [1.29, 1.82) is 0 Å². The molecule has 1 fully saturated rings. The molecule has 0 saturated heterocycles. The lowest BCUT2D eigenvalue weighted by Crippen LogP contribution is -2.20. The molecule has 1 N–H and O–H groups in total. The highest BCUT2D eigenvalue weighted by molar-refractivity contribution is 5.75. The summed E-state index contributed by atoms with van der Waals surface area (Å²) in [7, 11) is 1.65. The van der Waals surface area contributed by atoms with Crippen LogP contribution in [0.2, 0.25) is 0 Å². The molecule has 13 heavy (non-hydrogen) atoms. The largest absolute Gasteiger partial charge is 0.381 e. The van der Waals surface area contributed by atoms with E-state index in [1.807, 2.05) is 0 Å². The number of ether oxygens (including phenoxy) is 1. The van der Waals surface area contributed by atoms with Gasteiger partial charge in [0.1, 0.15) is 0 Å². The molecule has 76 valence electrons. The van der Waals surface area contributed by atoms with Gasteiger partial charge >= 0.3 is 0 Å². The van der Waals surface area contributed by atoms with Crippen LogP contribution >= 0.6 is 0 Å². The van der Waals surface area contributed by atoms with Crippen molar-refractivity contribution in [2.24, 2.45) is 5.92 Å². The van der Waals surface area contributed by atoms with Crippen LogP contribution in [0.3, 0.4) is 0 Å². The number of carbonyl (C=O) groups excluding carboxylic acids is 1. The molecular weight excluding hydrogens is 166 g/mol. The summed E-state index contributed by atoms with van der Waals surface area (Å²) in [6.07, 6.45) is 5.80. The molecule has 3 nitrogen and oxygen atoms in total. The van der Waals surface area contributed by atoms with E-state index in [4.69, 9.17) is 4.74 Å². The van der Waals surface area contributed by atoms with Crippen LogP contribution < -0.4 is 5.32 Å². The molecule has 0 aromatic heterocycles. The maximum absolute atomic E-state index is 10.8. The maximum atomic E-state index is 10.8. The van der Waals surface area contributed by atoms with E-state index in [0.29, 0.717) is 13.0 Å². The molecule has 1 aliphatic carbocycles. The number of carbonyl (C=O) groups is 1. The van der Waals surface area contributed by atoms with Crippen LogP contribution in [0.5, 0.6) is 0 Å². The fraction of sp³-hybridized carbons (Fsp3) is 0.900. The van der Waals surface area contributed by atoms with Crippen molar-refractivity contribution in [2.75, 3.05) is 20.3 Å². The van der Waals surface area contributed by atoms with Crippen LogP contribution in [0.15, 0.2) is 0 Å². The molecule has 0 unspecified atom stereocenters. The van der Waals surface area contributed by atoms with Gasteiger partial charge in [-0.25, -0.2) is 0 Å². The SMILES string of the molecule is CNC(=O)CCOCC1CCCC1. The second-order valence-electron chi connectivity index (χ2n) is 3.65. The van der Waals surface area contributed by atoms with Gasteiger partial charge in [0.2, 0.25) is 5.91 Å². The summed E-state index contributed by atoms with van der Waals surface area (Å²) >= 11 is 0. The van der Waals surface area contributed by atoms with E-state index < -0.39 is 0 Å². The second-order valence-corrected chi connectivity index (χ2v) is 3.65. The zero-order chi connectivity index (χ0) is 9.52. The van der Waals surface area contributed by atoms with Crippen molar-refractivity contribution in [3.8, 4) is 0 Å². The second kappa shape index (κ2) is 5.97. The minimum Gasteiger partial charge on any atom is -0.381 e. The Balaban J connectivity index is 1.91. The van der Waals surface area contributed by atoms with E-state index in [1.54, 1.807) is 7.05 Å². The molecule has 1 saturated carbocycles. The predicted molar refractivity (Wildman–Crippen MR) is 51.5 cm³/mol. The number of rotatable bonds is 5. The zero-order valence-electron chi connectivity index (χ0n) is 8.34. The molecule has 0 aliphatic heterocycles. The summed E-state index contributed by atoms with van der Waals surface area (Å²) in [5.74, 6) is 0.816. The lowest BCUT2D eigenvalue weighted by atomic mass is 10.1. The quantitative estimate of drug-likeness (QED) is 0.656. The Kier molecular flexibility index (Phi) is 4.83. The number of hydrogen-bond acceptors (Lipinski definition) is 2. The maximum Gasteiger partial charge on any atom is 0.222 e. The van der Waals surface area contributed by atoms with Crippen molar-refractivity contribution in [2.45, 2.75) is 32.1 Å². The van der Waals surface area contributed by atoms with Gasteiger partial charge in [0.05, 0.1) is 6.61 Å². The normalized spacial score (nSPS) is 17.6.